The summed E-state index contributed by atoms with van der Waals surface area (Å²) in [6.07, 6.45) is 1.75. The predicted octanol–water partition coefficient (Wildman–Crippen LogP) is 4.64. The summed E-state index contributed by atoms with van der Waals surface area (Å²) in [6.45, 7) is 3.62. The molecule has 0 radical (unpaired) electrons. The Morgan fingerprint density at radius 3 is 2.70 bits per heavy atom. The fourth-order valence-electron chi connectivity index (χ4n) is 3.47. The van der Waals surface area contributed by atoms with E-state index in [1.54, 1.807) is 25.3 Å². The molecule has 7 heteroatoms. The van der Waals surface area contributed by atoms with Crippen LogP contribution in [0.15, 0.2) is 54.7 Å². The Bertz CT molecular complexity index is 1070. The summed E-state index contributed by atoms with van der Waals surface area (Å²) >= 11 is 0. The molecule has 1 N–H and O–H groups in total. The molecular formula is C23H21F2N3O2. The minimum atomic E-state index is -0.463. The maximum Gasteiger partial charge on any atom is 0.338 e. The van der Waals surface area contributed by atoms with E-state index in [9.17, 15) is 13.6 Å². The summed E-state index contributed by atoms with van der Waals surface area (Å²) in [4.78, 5) is 18.3. The molecule has 0 bridgehead atoms. The molecule has 0 spiro atoms. The van der Waals surface area contributed by atoms with Crippen molar-refractivity contribution >= 4 is 17.5 Å². The predicted molar refractivity (Wildman–Crippen MR) is 112 cm³/mol. The zero-order valence-corrected chi connectivity index (χ0v) is 16.5. The molecule has 0 saturated heterocycles. The summed E-state index contributed by atoms with van der Waals surface area (Å²) in [7, 11) is 0. The molecule has 5 nitrogen and oxygen atoms in total. The van der Waals surface area contributed by atoms with E-state index in [1.807, 2.05) is 23.1 Å². The summed E-state index contributed by atoms with van der Waals surface area (Å²) < 4.78 is 32.7. The van der Waals surface area contributed by atoms with Gasteiger partial charge in [-0.3, -0.25) is 0 Å². The van der Waals surface area contributed by atoms with E-state index >= 15 is 0 Å². The molecular weight excluding hydrogens is 388 g/mol. The standard InChI is InChI=1S/C23H21F2N3O2/c1-2-30-23(29)16-5-3-15(4-6-16)17-12-21-22(27-13-17)26-9-10-28(21)14-18-11-19(24)7-8-20(18)25/h3-8,11-13H,2,9-10,14H2,1H3,(H,26,27). The minimum absolute atomic E-state index is 0.241. The SMILES string of the molecule is CCOC(=O)c1ccc(-c2cnc3c(c2)N(Cc2cc(F)ccc2F)CCN3)cc1. The molecule has 2 heterocycles. The van der Waals surface area contributed by atoms with Gasteiger partial charge in [0.2, 0.25) is 0 Å². The number of carbonyl (C=O) groups excluding carboxylic acids is 1. The van der Waals surface area contributed by atoms with Gasteiger partial charge in [-0.1, -0.05) is 12.1 Å². The van der Waals surface area contributed by atoms with Gasteiger partial charge in [0, 0.05) is 37.0 Å². The van der Waals surface area contributed by atoms with E-state index in [-0.39, 0.29) is 12.5 Å². The zero-order chi connectivity index (χ0) is 21.1. The molecule has 0 unspecified atom stereocenters. The van der Waals surface area contributed by atoms with Crippen LogP contribution in [0, 0.1) is 11.6 Å². The number of nitrogens with zero attached hydrogens (tertiary/aromatic N) is 2. The third-order valence-corrected chi connectivity index (χ3v) is 4.98. The van der Waals surface area contributed by atoms with Crippen LogP contribution in [0.25, 0.3) is 11.1 Å². The van der Waals surface area contributed by atoms with E-state index in [2.05, 4.69) is 10.3 Å². The first-order valence-corrected chi connectivity index (χ1v) is 9.75. The Labute approximate surface area is 173 Å². The Hall–Kier alpha value is -3.48. The number of aromatic nitrogens is 1. The topological polar surface area (TPSA) is 54.5 Å². The second-order valence-electron chi connectivity index (χ2n) is 6.97. The second kappa shape index (κ2) is 8.49. The summed E-state index contributed by atoms with van der Waals surface area (Å²) in [6, 6.07) is 12.5. The molecule has 0 saturated carbocycles. The lowest BCUT2D eigenvalue weighted by Crippen LogP contribution is -2.34. The lowest BCUT2D eigenvalue weighted by molar-refractivity contribution is 0.0526. The molecule has 1 aliphatic rings. The Kier molecular flexibility index (Phi) is 5.61. The number of rotatable bonds is 5. The Balaban J connectivity index is 1.62. The highest BCUT2D eigenvalue weighted by Gasteiger charge is 2.20. The van der Waals surface area contributed by atoms with Gasteiger partial charge in [0.25, 0.3) is 0 Å². The highest BCUT2D eigenvalue weighted by Crippen LogP contribution is 2.33. The smallest absolute Gasteiger partial charge is 0.338 e. The lowest BCUT2D eigenvalue weighted by atomic mass is 10.0. The van der Waals surface area contributed by atoms with Crippen LogP contribution in [0.4, 0.5) is 20.3 Å². The number of benzene rings is 2. The highest BCUT2D eigenvalue weighted by molar-refractivity contribution is 5.90. The van der Waals surface area contributed by atoms with E-state index in [4.69, 9.17) is 4.74 Å². The first-order chi connectivity index (χ1) is 14.5. The molecule has 30 heavy (non-hydrogen) atoms. The quantitative estimate of drug-likeness (QED) is 0.623. The molecule has 3 aromatic rings. The van der Waals surface area contributed by atoms with Crippen molar-refractivity contribution < 1.29 is 18.3 Å². The maximum absolute atomic E-state index is 14.1. The molecule has 2 aromatic carbocycles. The van der Waals surface area contributed by atoms with Crippen molar-refractivity contribution in [2.45, 2.75) is 13.5 Å². The van der Waals surface area contributed by atoms with Crippen molar-refractivity contribution in [3.05, 3.63) is 77.5 Å². The molecule has 0 amide bonds. The summed E-state index contributed by atoms with van der Waals surface area (Å²) in [5.41, 5.74) is 3.35. The largest absolute Gasteiger partial charge is 0.462 e. The second-order valence-corrected chi connectivity index (χ2v) is 6.97. The van der Waals surface area contributed by atoms with Crippen molar-refractivity contribution in [2.24, 2.45) is 0 Å². The van der Waals surface area contributed by atoms with Gasteiger partial charge in [-0.2, -0.15) is 0 Å². The minimum Gasteiger partial charge on any atom is -0.462 e. The van der Waals surface area contributed by atoms with E-state index in [0.29, 0.717) is 36.6 Å². The Morgan fingerprint density at radius 2 is 1.93 bits per heavy atom. The number of esters is 1. The number of halogens is 2. The number of nitrogens with one attached hydrogen (secondary N) is 1. The zero-order valence-electron chi connectivity index (χ0n) is 16.5. The number of hydrogen-bond donors (Lipinski definition) is 1. The van der Waals surface area contributed by atoms with Gasteiger partial charge < -0.3 is 15.0 Å². The van der Waals surface area contributed by atoms with Crippen LogP contribution in [-0.4, -0.2) is 30.6 Å². The number of fused-ring (bicyclic) bond motifs is 1. The Morgan fingerprint density at radius 1 is 1.13 bits per heavy atom. The lowest BCUT2D eigenvalue weighted by Gasteiger charge is -2.32. The van der Waals surface area contributed by atoms with Gasteiger partial charge in [0.1, 0.15) is 17.5 Å². The molecule has 0 atom stereocenters. The van der Waals surface area contributed by atoms with Crippen LogP contribution < -0.4 is 10.2 Å². The molecule has 0 fully saturated rings. The number of anilines is 2. The van der Waals surface area contributed by atoms with Crippen LogP contribution in [0.1, 0.15) is 22.8 Å². The number of pyridine rings is 1. The fraction of sp³-hybridized carbons (Fsp3) is 0.217. The number of carbonyl (C=O) groups is 1. The monoisotopic (exact) mass is 409 g/mol. The van der Waals surface area contributed by atoms with Crippen molar-refractivity contribution in [2.75, 3.05) is 29.9 Å². The molecule has 4 rings (SSSR count). The van der Waals surface area contributed by atoms with Crippen LogP contribution in [0.3, 0.4) is 0 Å². The van der Waals surface area contributed by atoms with Gasteiger partial charge in [-0.15, -0.1) is 0 Å². The fourth-order valence-corrected chi connectivity index (χ4v) is 3.47. The summed E-state index contributed by atoms with van der Waals surface area (Å²) in [5, 5.41) is 3.24. The van der Waals surface area contributed by atoms with Crippen LogP contribution >= 0.6 is 0 Å². The van der Waals surface area contributed by atoms with Gasteiger partial charge in [-0.05, 0) is 48.9 Å². The number of ether oxygens (including phenoxy) is 1. The average Bonchev–Trinajstić information content (AvgIpc) is 2.76. The highest BCUT2D eigenvalue weighted by atomic mass is 19.1. The van der Waals surface area contributed by atoms with Crippen LogP contribution in [0.2, 0.25) is 0 Å². The number of hydrogen-bond acceptors (Lipinski definition) is 5. The molecule has 1 aliphatic heterocycles. The van der Waals surface area contributed by atoms with Gasteiger partial charge in [-0.25, -0.2) is 18.6 Å². The first kappa shape index (κ1) is 19.8. The maximum atomic E-state index is 14.1. The van der Waals surface area contributed by atoms with Crippen molar-refractivity contribution in [1.82, 2.24) is 4.98 Å². The normalized spacial score (nSPS) is 12.8. The van der Waals surface area contributed by atoms with E-state index < -0.39 is 11.6 Å². The van der Waals surface area contributed by atoms with Crippen molar-refractivity contribution in [3.8, 4) is 11.1 Å². The third kappa shape index (κ3) is 4.10. The molecule has 154 valence electrons. The molecule has 1 aromatic heterocycles. The van der Waals surface area contributed by atoms with Crippen molar-refractivity contribution in [3.63, 3.8) is 0 Å². The van der Waals surface area contributed by atoms with Crippen LogP contribution in [-0.2, 0) is 11.3 Å². The third-order valence-electron chi connectivity index (χ3n) is 4.98. The van der Waals surface area contributed by atoms with Gasteiger partial charge >= 0.3 is 5.97 Å². The first-order valence-electron chi connectivity index (χ1n) is 9.75. The van der Waals surface area contributed by atoms with Crippen molar-refractivity contribution in [1.29, 1.82) is 0 Å². The van der Waals surface area contributed by atoms with Gasteiger partial charge in [0.15, 0.2) is 0 Å². The van der Waals surface area contributed by atoms with E-state index in [0.717, 1.165) is 28.9 Å². The molecule has 0 aliphatic carbocycles. The summed E-state index contributed by atoms with van der Waals surface area (Å²) in [5.74, 6) is -0.560. The average molecular weight is 409 g/mol. The van der Waals surface area contributed by atoms with E-state index in [1.165, 1.54) is 6.07 Å². The van der Waals surface area contributed by atoms with Gasteiger partial charge in [0.05, 0.1) is 17.9 Å². The van der Waals surface area contributed by atoms with Crippen LogP contribution in [0.5, 0.6) is 0 Å².